The summed E-state index contributed by atoms with van der Waals surface area (Å²) in [5.74, 6) is 7.11. The van der Waals surface area contributed by atoms with E-state index in [1.54, 1.807) is 10.6 Å². The highest BCUT2D eigenvalue weighted by atomic mass is 19.3. The number of benzene rings is 2. The molecule has 2 unspecified atom stereocenters. The fraction of sp³-hybridized carbons (Fsp3) is 0.407. The van der Waals surface area contributed by atoms with Crippen molar-refractivity contribution in [2.75, 3.05) is 27.3 Å². The average molecular weight is 482 g/mol. The number of alkyl halides is 2. The standard InChI is InChI=1S/C27H29F2N3O3/c1-5-21(31(3)4)25-30-20-10-9-18(11-12-27(2)13-14-34-17-27)15-22(20)32(25)24-19(16-33)7-6-8-23(24)35-26(28)29/h6-10,15-16,21,26H,5,13-14,17H2,1-4H3. The Hall–Kier alpha value is -3.28. The molecule has 2 atom stereocenters. The topological polar surface area (TPSA) is 56.6 Å². The van der Waals surface area contributed by atoms with E-state index >= 15 is 0 Å². The average Bonchev–Trinajstić information content (AvgIpc) is 3.41. The Morgan fingerprint density at radius 2 is 2.11 bits per heavy atom. The molecule has 0 saturated carbocycles. The van der Waals surface area contributed by atoms with Crippen LogP contribution in [-0.2, 0) is 4.74 Å². The van der Waals surface area contributed by atoms with Gasteiger partial charge in [0.25, 0.3) is 0 Å². The minimum absolute atomic E-state index is 0.0918. The van der Waals surface area contributed by atoms with E-state index < -0.39 is 6.61 Å². The first-order valence-electron chi connectivity index (χ1n) is 11.6. The van der Waals surface area contributed by atoms with Gasteiger partial charge in [-0.15, -0.1) is 0 Å². The van der Waals surface area contributed by atoms with Gasteiger partial charge in [0.1, 0.15) is 11.5 Å². The molecule has 35 heavy (non-hydrogen) atoms. The maximum absolute atomic E-state index is 13.3. The molecule has 2 heterocycles. The van der Waals surface area contributed by atoms with Gasteiger partial charge in [-0.1, -0.05) is 24.8 Å². The van der Waals surface area contributed by atoms with Crippen LogP contribution in [0.2, 0.25) is 0 Å². The highest BCUT2D eigenvalue weighted by molar-refractivity contribution is 5.87. The van der Waals surface area contributed by atoms with Gasteiger partial charge < -0.3 is 9.47 Å². The van der Waals surface area contributed by atoms with Crippen molar-refractivity contribution in [1.82, 2.24) is 14.5 Å². The zero-order valence-electron chi connectivity index (χ0n) is 20.3. The number of hydrogen-bond acceptors (Lipinski definition) is 5. The fourth-order valence-corrected chi connectivity index (χ4v) is 4.46. The van der Waals surface area contributed by atoms with Crippen molar-refractivity contribution >= 4 is 17.3 Å². The summed E-state index contributed by atoms with van der Waals surface area (Å²) in [6, 6.07) is 10.1. The number of carbonyl (C=O) groups excluding carboxylic acids is 1. The predicted octanol–water partition coefficient (Wildman–Crippen LogP) is 5.23. The zero-order valence-corrected chi connectivity index (χ0v) is 20.3. The van der Waals surface area contributed by atoms with Gasteiger partial charge in [0.05, 0.1) is 29.1 Å². The summed E-state index contributed by atoms with van der Waals surface area (Å²) in [5.41, 5.74) is 2.35. The number of rotatable bonds is 7. The summed E-state index contributed by atoms with van der Waals surface area (Å²) in [6.45, 7) is 2.34. The SMILES string of the molecule is CCC(c1nc2ccc(C#CC3(C)CCOC3)cc2n1-c1c(C=O)cccc1OC(F)F)N(C)C. The minimum Gasteiger partial charge on any atom is -0.433 e. The fourth-order valence-electron chi connectivity index (χ4n) is 4.46. The van der Waals surface area contributed by atoms with Gasteiger partial charge in [-0.25, -0.2) is 4.98 Å². The molecular formula is C27H29F2N3O3. The van der Waals surface area contributed by atoms with Crippen molar-refractivity contribution in [1.29, 1.82) is 0 Å². The van der Waals surface area contributed by atoms with E-state index in [0.29, 0.717) is 36.4 Å². The summed E-state index contributed by atoms with van der Waals surface area (Å²) in [7, 11) is 3.86. The first-order valence-corrected chi connectivity index (χ1v) is 11.6. The predicted molar refractivity (Wildman–Crippen MR) is 130 cm³/mol. The van der Waals surface area contributed by atoms with Gasteiger partial charge in [-0.2, -0.15) is 8.78 Å². The van der Waals surface area contributed by atoms with Crippen molar-refractivity contribution in [3.63, 3.8) is 0 Å². The summed E-state index contributed by atoms with van der Waals surface area (Å²) in [6.07, 6.45) is 2.23. The molecule has 184 valence electrons. The first kappa shape index (κ1) is 24.8. The molecule has 0 aliphatic carbocycles. The van der Waals surface area contributed by atoms with Crippen molar-refractivity contribution in [2.45, 2.75) is 39.3 Å². The molecule has 6 nitrogen and oxygen atoms in total. The van der Waals surface area contributed by atoms with Crippen molar-refractivity contribution in [2.24, 2.45) is 5.41 Å². The van der Waals surface area contributed by atoms with Crippen LogP contribution in [-0.4, -0.2) is 54.7 Å². The second kappa shape index (κ2) is 10.1. The molecule has 0 spiro atoms. The van der Waals surface area contributed by atoms with Crippen LogP contribution >= 0.6 is 0 Å². The largest absolute Gasteiger partial charge is 0.433 e. The second-order valence-corrected chi connectivity index (χ2v) is 9.20. The molecule has 4 rings (SSSR count). The zero-order chi connectivity index (χ0) is 25.2. The van der Waals surface area contributed by atoms with Gasteiger partial charge in [-0.05, 0) is 64.2 Å². The molecule has 8 heteroatoms. The Bertz CT molecular complexity index is 1280. The van der Waals surface area contributed by atoms with E-state index in [2.05, 4.69) is 18.8 Å². The van der Waals surface area contributed by atoms with Crippen molar-refractivity contribution < 1.29 is 23.0 Å². The van der Waals surface area contributed by atoms with Crippen molar-refractivity contribution in [3.8, 4) is 23.3 Å². The Morgan fingerprint density at radius 1 is 1.31 bits per heavy atom. The van der Waals surface area contributed by atoms with Gasteiger partial charge >= 0.3 is 6.61 Å². The van der Waals surface area contributed by atoms with Crippen LogP contribution in [0.15, 0.2) is 36.4 Å². The van der Waals surface area contributed by atoms with Gasteiger partial charge in [-0.3, -0.25) is 14.3 Å². The summed E-state index contributed by atoms with van der Waals surface area (Å²) < 4.78 is 38.8. The monoisotopic (exact) mass is 481 g/mol. The van der Waals surface area contributed by atoms with Crippen LogP contribution in [0.25, 0.3) is 16.7 Å². The van der Waals surface area contributed by atoms with E-state index in [9.17, 15) is 13.6 Å². The smallest absolute Gasteiger partial charge is 0.387 e. The lowest BCUT2D eigenvalue weighted by Crippen LogP contribution is -2.23. The number of para-hydroxylation sites is 1. The Kier molecular flexibility index (Phi) is 7.20. The molecule has 1 aromatic heterocycles. The third-order valence-corrected chi connectivity index (χ3v) is 6.31. The number of nitrogens with zero attached hydrogens (tertiary/aromatic N) is 3. The number of fused-ring (bicyclic) bond motifs is 1. The molecule has 1 aliphatic heterocycles. The first-order chi connectivity index (χ1) is 16.8. The lowest BCUT2D eigenvalue weighted by atomic mass is 9.91. The molecule has 1 saturated heterocycles. The lowest BCUT2D eigenvalue weighted by Gasteiger charge is -2.25. The van der Waals surface area contributed by atoms with E-state index in [1.165, 1.54) is 12.1 Å². The number of aldehydes is 1. The van der Waals surface area contributed by atoms with Crippen LogP contribution in [0.4, 0.5) is 8.78 Å². The van der Waals surface area contributed by atoms with Gasteiger partial charge in [0.15, 0.2) is 12.0 Å². The van der Waals surface area contributed by atoms with E-state index in [1.807, 2.05) is 44.1 Å². The Balaban J connectivity index is 1.99. The number of imidazole rings is 1. The lowest BCUT2D eigenvalue weighted by molar-refractivity contribution is -0.0498. The quantitative estimate of drug-likeness (QED) is 0.342. The van der Waals surface area contributed by atoms with Crippen molar-refractivity contribution in [3.05, 3.63) is 53.3 Å². The maximum atomic E-state index is 13.3. The summed E-state index contributed by atoms with van der Waals surface area (Å²) in [5, 5.41) is 0. The van der Waals surface area contributed by atoms with Crippen LogP contribution < -0.4 is 4.74 Å². The third-order valence-electron chi connectivity index (χ3n) is 6.31. The number of carbonyl (C=O) groups is 1. The third kappa shape index (κ3) is 5.07. The normalized spacial score (nSPS) is 18.6. The number of ether oxygens (including phenoxy) is 2. The molecular weight excluding hydrogens is 452 g/mol. The van der Waals surface area contributed by atoms with Gasteiger partial charge in [0.2, 0.25) is 0 Å². The molecule has 3 aromatic rings. The van der Waals surface area contributed by atoms with Crippen LogP contribution in [0.5, 0.6) is 5.75 Å². The number of hydrogen-bond donors (Lipinski definition) is 0. The minimum atomic E-state index is -3.04. The van der Waals surface area contributed by atoms with Crippen LogP contribution in [0, 0.1) is 17.3 Å². The van der Waals surface area contributed by atoms with E-state index in [0.717, 1.165) is 18.4 Å². The molecule has 2 aromatic carbocycles. The Morgan fingerprint density at radius 3 is 2.74 bits per heavy atom. The molecule has 1 aliphatic rings. The van der Waals surface area contributed by atoms with Crippen LogP contribution in [0.1, 0.15) is 54.5 Å². The maximum Gasteiger partial charge on any atom is 0.387 e. The molecule has 0 radical (unpaired) electrons. The van der Waals surface area contributed by atoms with Gasteiger partial charge in [0, 0.05) is 17.7 Å². The second-order valence-electron chi connectivity index (χ2n) is 9.20. The number of aromatic nitrogens is 2. The van der Waals surface area contributed by atoms with E-state index in [-0.39, 0.29) is 28.5 Å². The molecule has 1 fully saturated rings. The van der Waals surface area contributed by atoms with Crippen LogP contribution in [0.3, 0.4) is 0 Å². The molecule has 0 amide bonds. The van der Waals surface area contributed by atoms with E-state index in [4.69, 9.17) is 14.5 Å². The highest BCUT2D eigenvalue weighted by Crippen LogP contribution is 2.36. The summed E-state index contributed by atoms with van der Waals surface area (Å²) in [4.78, 5) is 18.9. The Labute approximate surface area is 203 Å². The summed E-state index contributed by atoms with van der Waals surface area (Å²) >= 11 is 0. The molecule has 0 N–H and O–H groups in total. The molecule has 0 bridgehead atoms. The number of halogens is 2. The highest BCUT2D eigenvalue weighted by Gasteiger charge is 2.28.